The molecule has 0 aromatic rings. The number of aliphatic carboxylic acids is 1. The molecule has 0 saturated carbocycles. The molecule has 6 nitrogen and oxygen atoms in total. The van der Waals surface area contributed by atoms with Crippen LogP contribution in [0.2, 0.25) is 0 Å². The third-order valence-electron chi connectivity index (χ3n) is 3.00. The lowest BCUT2D eigenvalue weighted by atomic mass is 9.89. The molecule has 0 aliphatic rings. The van der Waals surface area contributed by atoms with Gasteiger partial charge in [0.1, 0.15) is 0 Å². The Hall–Kier alpha value is -1.59. The molecule has 0 aliphatic heterocycles. The summed E-state index contributed by atoms with van der Waals surface area (Å²) in [5.41, 5.74) is -1.19. The van der Waals surface area contributed by atoms with Crippen molar-refractivity contribution >= 4 is 17.9 Å². The van der Waals surface area contributed by atoms with Crippen molar-refractivity contribution in [2.24, 2.45) is 11.3 Å². The molecular formula is C13H24N2O4. The summed E-state index contributed by atoms with van der Waals surface area (Å²) in [6.07, 6.45) is 0.522. The summed E-state index contributed by atoms with van der Waals surface area (Å²) < 4.78 is 0. The highest BCUT2D eigenvalue weighted by atomic mass is 16.4. The number of carbonyl (C=O) groups is 3. The maximum absolute atomic E-state index is 11.6. The van der Waals surface area contributed by atoms with Crippen molar-refractivity contribution in [1.29, 1.82) is 0 Å². The molecule has 0 bridgehead atoms. The Bertz CT molecular complexity index is 351. The zero-order valence-corrected chi connectivity index (χ0v) is 12.2. The molecule has 0 aromatic heterocycles. The SMILES string of the molecule is CCC(NC(=O)NC(=O)CC(C)(C)C(=O)O)C(C)C. The van der Waals surface area contributed by atoms with Gasteiger partial charge in [0.05, 0.1) is 5.41 Å². The fourth-order valence-electron chi connectivity index (χ4n) is 1.59. The topological polar surface area (TPSA) is 95.5 Å². The summed E-state index contributed by atoms with van der Waals surface area (Å²) in [4.78, 5) is 34.0. The smallest absolute Gasteiger partial charge is 0.321 e. The molecule has 0 fully saturated rings. The quantitative estimate of drug-likeness (QED) is 0.686. The number of nitrogens with one attached hydrogen (secondary N) is 2. The number of imide groups is 1. The molecule has 110 valence electrons. The second-order valence-electron chi connectivity index (χ2n) is 5.65. The van der Waals surface area contributed by atoms with Gasteiger partial charge in [-0.2, -0.15) is 0 Å². The van der Waals surface area contributed by atoms with Gasteiger partial charge in [-0.15, -0.1) is 0 Å². The minimum atomic E-state index is -1.19. The molecule has 0 spiro atoms. The molecule has 0 aliphatic carbocycles. The molecule has 0 radical (unpaired) electrons. The first-order valence-corrected chi connectivity index (χ1v) is 6.44. The molecule has 6 heteroatoms. The van der Waals surface area contributed by atoms with Gasteiger partial charge in [-0.05, 0) is 26.2 Å². The van der Waals surface area contributed by atoms with Crippen LogP contribution in [0.25, 0.3) is 0 Å². The first-order chi connectivity index (χ1) is 8.60. The predicted octanol–water partition coefficient (Wildman–Crippen LogP) is 1.75. The molecule has 0 saturated heterocycles. The largest absolute Gasteiger partial charge is 0.481 e. The van der Waals surface area contributed by atoms with Gasteiger partial charge in [0.15, 0.2) is 0 Å². The van der Waals surface area contributed by atoms with E-state index in [1.807, 2.05) is 20.8 Å². The summed E-state index contributed by atoms with van der Waals surface area (Å²) >= 11 is 0. The van der Waals surface area contributed by atoms with Gasteiger partial charge in [0, 0.05) is 12.5 Å². The van der Waals surface area contributed by atoms with Crippen LogP contribution < -0.4 is 10.6 Å². The number of hydrogen-bond acceptors (Lipinski definition) is 3. The summed E-state index contributed by atoms with van der Waals surface area (Å²) in [5, 5.41) is 13.8. The van der Waals surface area contributed by atoms with E-state index in [0.29, 0.717) is 0 Å². The Morgan fingerprint density at radius 3 is 2.11 bits per heavy atom. The van der Waals surface area contributed by atoms with E-state index < -0.39 is 23.3 Å². The lowest BCUT2D eigenvalue weighted by Gasteiger charge is -2.22. The highest BCUT2D eigenvalue weighted by Gasteiger charge is 2.30. The van der Waals surface area contributed by atoms with Crippen molar-refractivity contribution in [3.8, 4) is 0 Å². The monoisotopic (exact) mass is 272 g/mol. The van der Waals surface area contributed by atoms with Gasteiger partial charge in [0.25, 0.3) is 0 Å². The third kappa shape index (κ3) is 6.22. The van der Waals surface area contributed by atoms with Crippen LogP contribution in [-0.2, 0) is 9.59 Å². The van der Waals surface area contributed by atoms with Gasteiger partial charge >= 0.3 is 12.0 Å². The lowest BCUT2D eigenvalue weighted by Crippen LogP contribution is -2.47. The van der Waals surface area contributed by atoms with E-state index in [9.17, 15) is 14.4 Å². The zero-order valence-electron chi connectivity index (χ0n) is 12.2. The van der Waals surface area contributed by atoms with Crippen LogP contribution in [-0.4, -0.2) is 29.1 Å². The van der Waals surface area contributed by atoms with Gasteiger partial charge in [0.2, 0.25) is 5.91 Å². The Labute approximate surface area is 113 Å². The average Bonchev–Trinajstić information content (AvgIpc) is 2.23. The highest BCUT2D eigenvalue weighted by molar-refractivity contribution is 5.96. The average molecular weight is 272 g/mol. The maximum Gasteiger partial charge on any atom is 0.321 e. The molecule has 0 aromatic carbocycles. The van der Waals surface area contributed by atoms with E-state index in [0.717, 1.165) is 6.42 Å². The van der Waals surface area contributed by atoms with E-state index in [1.165, 1.54) is 13.8 Å². The van der Waals surface area contributed by atoms with Crippen molar-refractivity contribution < 1.29 is 19.5 Å². The predicted molar refractivity (Wildman–Crippen MR) is 71.6 cm³/mol. The standard InChI is InChI=1S/C13H24N2O4/c1-6-9(8(2)3)14-12(19)15-10(16)7-13(4,5)11(17)18/h8-9H,6-7H2,1-5H3,(H,17,18)(H2,14,15,16,19). The summed E-state index contributed by atoms with van der Waals surface area (Å²) in [6, 6.07) is -0.591. The molecule has 19 heavy (non-hydrogen) atoms. The molecule has 0 heterocycles. The van der Waals surface area contributed by atoms with Crippen molar-refractivity contribution in [1.82, 2.24) is 10.6 Å². The van der Waals surface area contributed by atoms with Crippen LogP contribution in [0.3, 0.4) is 0 Å². The van der Waals surface area contributed by atoms with E-state index >= 15 is 0 Å². The molecular weight excluding hydrogens is 248 g/mol. The highest BCUT2D eigenvalue weighted by Crippen LogP contribution is 2.19. The number of hydrogen-bond donors (Lipinski definition) is 3. The first kappa shape index (κ1) is 17.4. The van der Waals surface area contributed by atoms with Crippen molar-refractivity contribution in [3.05, 3.63) is 0 Å². The maximum atomic E-state index is 11.6. The van der Waals surface area contributed by atoms with Crippen LogP contribution in [0.1, 0.15) is 47.5 Å². The zero-order chi connectivity index (χ0) is 15.2. The first-order valence-electron chi connectivity index (χ1n) is 6.44. The normalized spacial score (nSPS) is 12.9. The Balaban J connectivity index is 4.35. The molecule has 0 rings (SSSR count). The lowest BCUT2D eigenvalue weighted by molar-refractivity contribution is -0.149. The Morgan fingerprint density at radius 2 is 1.74 bits per heavy atom. The summed E-state index contributed by atoms with van der Waals surface area (Å²) in [7, 11) is 0. The summed E-state index contributed by atoms with van der Waals surface area (Å²) in [5.74, 6) is -1.40. The minimum absolute atomic E-state index is 0.0136. The Morgan fingerprint density at radius 1 is 1.21 bits per heavy atom. The molecule has 1 unspecified atom stereocenters. The molecule has 3 N–H and O–H groups in total. The van der Waals surface area contributed by atoms with E-state index in [2.05, 4.69) is 10.6 Å². The van der Waals surface area contributed by atoms with Crippen molar-refractivity contribution in [3.63, 3.8) is 0 Å². The fourth-order valence-corrected chi connectivity index (χ4v) is 1.59. The molecule has 1 atom stereocenters. The molecule has 3 amide bonds. The second kappa shape index (κ2) is 7.11. The number of rotatable bonds is 6. The summed E-state index contributed by atoms with van der Waals surface area (Å²) in [6.45, 7) is 8.78. The Kier molecular flexibility index (Phi) is 6.52. The van der Waals surface area contributed by atoms with Crippen molar-refractivity contribution in [2.75, 3.05) is 0 Å². The van der Waals surface area contributed by atoms with Gasteiger partial charge < -0.3 is 10.4 Å². The van der Waals surface area contributed by atoms with Crippen LogP contribution in [0.4, 0.5) is 4.79 Å². The van der Waals surface area contributed by atoms with Crippen LogP contribution in [0.5, 0.6) is 0 Å². The van der Waals surface area contributed by atoms with Crippen molar-refractivity contribution in [2.45, 2.75) is 53.5 Å². The van der Waals surface area contributed by atoms with Gasteiger partial charge in [-0.3, -0.25) is 14.9 Å². The van der Waals surface area contributed by atoms with Crippen LogP contribution >= 0.6 is 0 Å². The number of carboxylic acids is 1. The van der Waals surface area contributed by atoms with E-state index in [-0.39, 0.29) is 18.4 Å². The third-order valence-corrected chi connectivity index (χ3v) is 3.00. The van der Waals surface area contributed by atoms with E-state index in [1.54, 1.807) is 0 Å². The second-order valence-corrected chi connectivity index (χ2v) is 5.65. The van der Waals surface area contributed by atoms with Gasteiger partial charge in [-0.1, -0.05) is 20.8 Å². The van der Waals surface area contributed by atoms with Crippen LogP contribution in [0, 0.1) is 11.3 Å². The number of urea groups is 1. The fraction of sp³-hybridized carbons (Fsp3) is 0.769. The van der Waals surface area contributed by atoms with E-state index in [4.69, 9.17) is 5.11 Å². The minimum Gasteiger partial charge on any atom is -0.481 e. The number of amides is 3. The number of carbonyl (C=O) groups excluding carboxylic acids is 2. The van der Waals surface area contributed by atoms with Crippen LogP contribution in [0.15, 0.2) is 0 Å². The number of carboxylic acid groups (broad SMARTS) is 1. The van der Waals surface area contributed by atoms with Gasteiger partial charge in [-0.25, -0.2) is 4.79 Å².